The zero-order chi connectivity index (χ0) is 15.3. The summed E-state index contributed by atoms with van der Waals surface area (Å²) >= 11 is 0. The first-order chi connectivity index (χ1) is 10.7. The van der Waals surface area contributed by atoms with Gasteiger partial charge in [0.05, 0.1) is 16.3 Å². The zero-order valence-electron chi connectivity index (χ0n) is 12.2. The van der Waals surface area contributed by atoms with Crippen LogP contribution in [-0.2, 0) is 7.05 Å². The lowest BCUT2D eigenvalue weighted by Crippen LogP contribution is -2.31. The number of primary amides is 1. The van der Waals surface area contributed by atoms with Crippen LogP contribution in [0.25, 0.3) is 32.6 Å². The minimum Gasteiger partial charge on any atom is -0.366 e. The number of fused-ring (bicyclic) bond motifs is 3. The Morgan fingerprint density at radius 1 is 0.864 bits per heavy atom. The number of pyridine rings is 1. The summed E-state index contributed by atoms with van der Waals surface area (Å²) < 4.78 is 2.11. The van der Waals surface area contributed by atoms with Crippen molar-refractivity contribution < 1.29 is 9.36 Å². The molecule has 0 saturated carbocycles. The van der Waals surface area contributed by atoms with E-state index in [1.165, 1.54) is 0 Å². The van der Waals surface area contributed by atoms with Gasteiger partial charge in [0.15, 0.2) is 0 Å². The van der Waals surface area contributed by atoms with E-state index >= 15 is 0 Å². The van der Waals surface area contributed by atoms with Crippen LogP contribution in [0.5, 0.6) is 0 Å². The van der Waals surface area contributed by atoms with Gasteiger partial charge in [-0.15, -0.1) is 0 Å². The fraction of sp³-hybridized carbons (Fsp3) is 0.0526. The third kappa shape index (κ3) is 1.69. The molecule has 4 rings (SSSR count). The van der Waals surface area contributed by atoms with Gasteiger partial charge in [-0.25, -0.2) is 0 Å². The lowest BCUT2D eigenvalue weighted by atomic mass is 9.98. The molecule has 3 heteroatoms. The average Bonchev–Trinajstić information content (AvgIpc) is 2.53. The van der Waals surface area contributed by atoms with Crippen LogP contribution in [0.15, 0.2) is 60.7 Å². The molecule has 0 aliphatic rings. The van der Waals surface area contributed by atoms with Gasteiger partial charge < -0.3 is 5.73 Å². The smallest absolute Gasteiger partial charge is 0.250 e. The average molecular weight is 287 g/mol. The monoisotopic (exact) mass is 287 g/mol. The van der Waals surface area contributed by atoms with Crippen LogP contribution in [0.4, 0.5) is 0 Å². The van der Waals surface area contributed by atoms with E-state index in [9.17, 15) is 4.79 Å². The number of carbonyl (C=O) groups is 1. The van der Waals surface area contributed by atoms with Crippen molar-refractivity contribution in [3.05, 3.63) is 66.2 Å². The molecule has 0 aliphatic carbocycles. The Balaban J connectivity index is 2.34. The number of carbonyl (C=O) groups excluding carboxylic acids is 1. The summed E-state index contributed by atoms with van der Waals surface area (Å²) in [6.45, 7) is 0. The molecular weight excluding hydrogens is 272 g/mol. The molecule has 0 atom stereocenters. The van der Waals surface area contributed by atoms with E-state index in [4.69, 9.17) is 5.73 Å². The first-order valence-corrected chi connectivity index (χ1v) is 7.20. The molecule has 0 spiro atoms. The second kappa shape index (κ2) is 4.53. The lowest BCUT2D eigenvalue weighted by Gasteiger charge is -2.08. The second-order valence-electron chi connectivity index (χ2n) is 5.53. The number of nitrogens with zero attached hydrogens (tertiary/aromatic N) is 1. The maximum atomic E-state index is 12.1. The Hall–Kier alpha value is -2.94. The molecule has 0 aliphatic heterocycles. The normalized spacial score (nSPS) is 11.3. The Kier molecular flexibility index (Phi) is 2.63. The number of amides is 1. The highest BCUT2D eigenvalue weighted by Crippen LogP contribution is 2.28. The van der Waals surface area contributed by atoms with Crippen LogP contribution in [0.1, 0.15) is 10.4 Å². The van der Waals surface area contributed by atoms with Gasteiger partial charge in [0, 0.05) is 12.1 Å². The summed E-state index contributed by atoms with van der Waals surface area (Å²) in [6, 6.07) is 20.2. The SMILES string of the molecule is C[n+]1c2ccccc2c(C(N)=O)c2cc3ccccc3cc21. The summed E-state index contributed by atoms with van der Waals surface area (Å²) in [4.78, 5) is 12.1. The van der Waals surface area contributed by atoms with Gasteiger partial charge in [-0.3, -0.25) is 4.79 Å². The third-order valence-electron chi connectivity index (χ3n) is 4.28. The third-order valence-corrected chi connectivity index (χ3v) is 4.28. The Labute approximate surface area is 127 Å². The van der Waals surface area contributed by atoms with Crippen LogP contribution in [-0.4, -0.2) is 5.91 Å². The second-order valence-corrected chi connectivity index (χ2v) is 5.53. The Morgan fingerprint density at radius 3 is 2.23 bits per heavy atom. The fourth-order valence-electron chi connectivity index (χ4n) is 3.22. The minimum absolute atomic E-state index is 0.392. The van der Waals surface area contributed by atoms with E-state index in [0.717, 1.165) is 32.6 Å². The molecular formula is C19H15N2O+. The van der Waals surface area contributed by atoms with Crippen molar-refractivity contribution in [2.24, 2.45) is 12.8 Å². The van der Waals surface area contributed by atoms with Crippen molar-refractivity contribution in [1.29, 1.82) is 0 Å². The number of hydrogen-bond donors (Lipinski definition) is 1. The van der Waals surface area contributed by atoms with Crippen LogP contribution in [0.2, 0.25) is 0 Å². The zero-order valence-corrected chi connectivity index (χ0v) is 12.2. The number of hydrogen-bond acceptors (Lipinski definition) is 1. The molecule has 3 nitrogen and oxygen atoms in total. The van der Waals surface area contributed by atoms with Crippen molar-refractivity contribution in [2.45, 2.75) is 0 Å². The van der Waals surface area contributed by atoms with Crippen LogP contribution in [0, 0.1) is 0 Å². The van der Waals surface area contributed by atoms with Gasteiger partial charge >= 0.3 is 0 Å². The molecule has 1 amide bonds. The van der Waals surface area contributed by atoms with E-state index in [1.54, 1.807) is 0 Å². The number of aromatic nitrogens is 1. The predicted octanol–water partition coefficient (Wildman–Crippen LogP) is 3.07. The van der Waals surface area contributed by atoms with Gasteiger partial charge in [0.2, 0.25) is 16.9 Å². The molecule has 0 radical (unpaired) electrons. The topological polar surface area (TPSA) is 47.0 Å². The van der Waals surface area contributed by atoms with Crippen LogP contribution in [0.3, 0.4) is 0 Å². The number of para-hydroxylation sites is 1. The molecule has 2 N–H and O–H groups in total. The number of benzene rings is 3. The van der Waals surface area contributed by atoms with Gasteiger partial charge in [0.1, 0.15) is 7.05 Å². The van der Waals surface area contributed by atoms with Crippen molar-refractivity contribution in [3.63, 3.8) is 0 Å². The lowest BCUT2D eigenvalue weighted by molar-refractivity contribution is -0.617. The fourth-order valence-corrected chi connectivity index (χ4v) is 3.22. The molecule has 1 heterocycles. The molecule has 22 heavy (non-hydrogen) atoms. The van der Waals surface area contributed by atoms with Crippen molar-refractivity contribution in [2.75, 3.05) is 0 Å². The van der Waals surface area contributed by atoms with Gasteiger partial charge in [-0.2, -0.15) is 4.57 Å². The Morgan fingerprint density at radius 2 is 1.50 bits per heavy atom. The number of nitrogens with two attached hydrogens (primary N) is 1. The maximum Gasteiger partial charge on any atom is 0.250 e. The molecule has 0 saturated heterocycles. The van der Waals surface area contributed by atoms with E-state index in [-0.39, 0.29) is 0 Å². The molecule has 1 aromatic heterocycles. The summed E-state index contributed by atoms with van der Waals surface area (Å²) in [7, 11) is 2.02. The molecule has 3 aromatic carbocycles. The van der Waals surface area contributed by atoms with Crippen molar-refractivity contribution in [3.8, 4) is 0 Å². The summed E-state index contributed by atoms with van der Waals surface area (Å²) in [5.74, 6) is -0.392. The highest BCUT2D eigenvalue weighted by molar-refractivity contribution is 6.16. The summed E-state index contributed by atoms with van der Waals surface area (Å²) in [5.41, 5.74) is 8.29. The van der Waals surface area contributed by atoms with E-state index in [0.29, 0.717) is 5.56 Å². The molecule has 0 fully saturated rings. The van der Waals surface area contributed by atoms with Crippen molar-refractivity contribution >= 4 is 38.5 Å². The molecule has 4 aromatic rings. The van der Waals surface area contributed by atoms with Gasteiger partial charge in [-0.05, 0) is 22.9 Å². The quantitative estimate of drug-likeness (QED) is 0.424. The number of rotatable bonds is 1. The minimum atomic E-state index is -0.392. The van der Waals surface area contributed by atoms with E-state index < -0.39 is 5.91 Å². The van der Waals surface area contributed by atoms with Gasteiger partial charge in [0.25, 0.3) is 0 Å². The van der Waals surface area contributed by atoms with Crippen LogP contribution >= 0.6 is 0 Å². The summed E-state index contributed by atoms with van der Waals surface area (Å²) in [5, 5.41) is 4.04. The highest BCUT2D eigenvalue weighted by atomic mass is 16.1. The Bertz CT molecular complexity index is 1070. The molecule has 0 unspecified atom stereocenters. The number of aryl methyl sites for hydroxylation is 1. The largest absolute Gasteiger partial charge is 0.366 e. The summed E-state index contributed by atoms with van der Waals surface area (Å²) in [6.07, 6.45) is 0. The first kappa shape index (κ1) is 12.8. The van der Waals surface area contributed by atoms with E-state index in [1.807, 2.05) is 43.4 Å². The molecule has 106 valence electrons. The van der Waals surface area contributed by atoms with Crippen molar-refractivity contribution in [1.82, 2.24) is 0 Å². The van der Waals surface area contributed by atoms with E-state index in [2.05, 4.69) is 28.8 Å². The predicted molar refractivity (Wildman–Crippen MR) is 88.7 cm³/mol. The first-order valence-electron chi connectivity index (χ1n) is 7.20. The van der Waals surface area contributed by atoms with Crippen LogP contribution < -0.4 is 10.3 Å². The highest BCUT2D eigenvalue weighted by Gasteiger charge is 2.21. The standard InChI is InChI=1S/C19H14N2O/c1-21-16-9-5-4-8-14(16)18(19(20)22)15-10-12-6-2-3-7-13(12)11-17(15)21/h2-11H,1H3,(H-,20,22)/p+1. The van der Waals surface area contributed by atoms with Gasteiger partial charge in [-0.1, -0.05) is 36.4 Å². The molecule has 0 bridgehead atoms. The maximum absolute atomic E-state index is 12.1.